The van der Waals surface area contributed by atoms with E-state index in [1.165, 1.54) is 24.0 Å². The summed E-state index contributed by atoms with van der Waals surface area (Å²) in [4.78, 5) is 11.7. The molecule has 4 nitrogen and oxygen atoms in total. The number of anilines is 1. The molecule has 2 amide bonds. The van der Waals surface area contributed by atoms with Gasteiger partial charge >= 0.3 is 6.03 Å². The van der Waals surface area contributed by atoms with E-state index in [0.29, 0.717) is 0 Å². The van der Waals surface area contributed by atoms with E-state index in [1.54, 1.807) is 0 Å². The third-order valence-corrected chi connectivity index (χ3v) is 4.26. The second-order valence-corrected chi connectivity index (χ2v) is 6.09. The van der Waals surface area contributed by atoms with Gasteiger partial charge < -0.3 is 15.4 Å². The Kier molecular flexibility index (Phi) is 5.65. The minimum absolute atomic E-state index is 0.175. The molecule has 1 aliphatic rings. The standard InChI is InChI=1S/C19H19F3N2O2/c20-15-7-8-16(18(22)17(15)21)24-19(25)23-9-10-26-14-6-5-12-3-1-2-4-13(12)11-14/h5-8,11H,1-4,9-10H2,(H2,23,24,25). The van der Waals surface area contributed by atoms with Crippen LogP contribution in [0, 0.1) is 17.5 Å². The first-order valence-corrected chi connectivity index (χ1v) is 8.47. The fourth-order valence-electron chi connectivity index (χ4n) is 2.92. The number of hydrogen-bond acceptors (Lipinski definition) is 2. The predicted octanol–water partition coefficient (Wildman–Crippen LogP) is 4.18. The number of aryl methyl sites for hydroxylation is 2. The van der Waals surface area contributed by atoms with Crippen LogP contribution in [-0.2, 0) is 12.8 Å². The lowest BCUT2D eigenvalue weighted by Gasteiger charge is -2.17. The van der Waals surface area contributed by atoms with E-state index < -0.39 is 29.2 Å². The van der Waals surface area contributed by atoms with Gasteiger partial charge in [0.15, 0.2) is 17.5 Å². The molecular formula is C19H19F3N2O2. The monoisotopic (exact) mass is 364 g/mol. The molecule has 0 aliphatic heterocycles. The minimum Gasteiger partial charge on any atom is -0.492 e. The van der Waals surface area contributed by atoms with Gasteiger partial charge in [-0.05, 0) is 61.1 Å². The van der Waals surface area contributed by atoms with Crippen LogP contribution in [0.5, 0.6) is 5.75 Å². The number of benzene rings is 2. The number of carbonyl (C=O) groups is 1. The molecule has 2 aromatic carbocycles. The highest BCUT2D eigenvalue weighted by molar-refractivity contribution is 5.89. The molecule has 0 atom stereocenters. The van der Waals surface area contributed by atoms with Crippen LogP contribution in [0.2, 0.25) is 0 Å². The van der Waals surface area contributed by atoms with Gasteiger partial charge in [-0.25, -0.2) is 18.0 Å². The molecule has 0 saturated heterocycles. The summed E-state index contributed by atoms with van der Waals surface area (Å²) in [6.45, 7) is 0.403. The molecule has 2 aromatic rings. The van der Waals surface area contributed by atoms with Crippen molar-refractivity contribution in [3.05, 3.63) is 58.9 Å². The molecule has 2 N–H and O–H groups in total. The van der Waals surface area contributed by atoms with Crippen LogP contribution in [-0.4, -0.2) is 19.2 Å². The zero-order valence-electron chi connectivity index (χ0n) is 14.1. The molecule has 26 heavy (non-hydrogen) atoms. The molecule has 7 heteroatoms. The first-order valence-electron chi connectivity index (χ1n) is 8.47. The highest BCUT2D eigenvalue weighted by Crippen LogP contribution is 2.25. The number of urea groups is 1. The van der Waals surface area contributed by atoms with E-state index in [-0.39, 0.29) is 13.2 Å². The Morgan fingerprint density at radius 3 is 2.58 bits per heavy atom. The molecule has 0 bridgehead atoms. The highest BCUT2D eigenvalue weighted by Gasteiger charge is 2.15. The Labute approximate surface area is 149 Å². The maximum atomic E-state index is 13.5. The van der Waals surface area contributed by atoms with Crippen molar-refractivity contribution in [2.45, 2.75) is 25.7 Å². The topological polar surface area (TPSA) is 50.4 Å². The molecule has 0 aromatic heterocycles. The van der Waals surface area contributed by atoms with E-state index in [4.69, 9.17) is 4.74 Å². The van der Waals surface area contributed by atoms with Gasteiger partial charge in [0.05, 0.1) is 12.2 Å². The van der Waals surface area contributed by atoms with Crippen molar-refractivity contribution in [3.63, 3.8) is 0 Å². The van der Waals surface area contributed by atoms with Crippen LogP contribution in [0.1, 0.15) is 24.0 Å². The average Bonchev–Trinajstić information content (AvgIpc) is 2.65. The third-order valence-electron chi connectivity index (χ3n) is 4.26. The van der Waals surface area contributed by atoms with Gasteiger partial charge in [-0.15, -0.1) is 0 Å². The molecule has 0 radical (unpaired) electrons. The minimum atomic E-state index is -1.63. The lowest BCUT2D eigenvalue weighted by Crippen LogP contribution is -2.32. The van der Waals surface area contributed by atoms with Gasteiger partial charge in [-0.3, -0.25) is 0 Å². The fourth-order valence-corrected chi connectivity index (χ4v) is 2.92. The summed E-state index contributed by atoms with van der Waals surface area (Å²) < 4.78 is 45.1. The molecule has 1 aliphatic carbocycles. The number of carbonyl (C=O) groups excluding carboxylic acids is 1. The normalized spacial score (nSPS) is 13.0. The van der Waals surface area contributed by atoms with Crippen LogP contribution in [0.3, 0.4) is 0 Å². The van der Waals surface area contributed by atoms with Crippen molar-refractivity contribution >= 4 is 11.7 Å². The quantitative estimate of drug-likeness (QED) is 0.618. The zero-order valence-corrected chi connectivity index (χ0v) is 14.1. The Morgan fingerprint density at radius 2 is 1.77 bits per heavy atom. The lowest BCUT2D eigenvalue weighted by molar-refractivity contribution is 0.247. The first kappa shape index (κ1) is 18.1. The second kappa shape index (κ2) is 8.12. The Hall–Kier alpha value is -2.70. The van der Waals surface area contributed by atoms with Crippen molar-refractivity contribution in [2.24, 2.45) is 0 Å². The Balaban J connectivity index is 1.45. The number of amides is 2. The van der Waals surface area contributed by atoms with Gasteiger partial charge in [0.2, 0.25) is 0 Å². The van der Waals surface area contributed by atoms with Crippen LogP contribution < -0.4 is 15.4 Å². The van der Waals surface area contributed by atoms with Crippen molar-refractivity contribution in [3.8, 4) is 5.75 Å². The maximum absolute atomic E-state index is 13.5. The number of fused-ring (bicyclic) bond motifs is 1. The predicted molar refractivity (Wildman–Crippen MR) is 91.9 cm³/mol. The SMILES string of the molecule is O=C(NCCOc1ccc2c(c1)CCCC2)Nc1ccc(F)c(F)c1F. The molecular weight excluding hydrogens is 345 g/mol. The Bertz CT molecular complexity index is 812. The van der Waals surface area contributed by atoms with Crippen LogP contribution in [0.25, 0.3) is 0 Å². The van der Waals surface area contributed by atoms with Crippen LogP contribution in [0.4, 0.5) is 23.7 Å². The molecule has 0 heterocycles. The highest BCUT2D eigenvalue weighted by atomic mass is 19.2. The van der Waals surface area contributed by atoms with E-state index >= 15 is 0 Å². The number of rotatable bonds is 5. The van der Waals surface area contributed by atoms with Crippen LogP contribution >= 0.6 is 0 Å². The number of nitrogens with one attached hydrogen (secondary N) is 2. The fraction of sp³-hybridized carbons (Fsp3) is 0.316. The molecule has 3 rings (SSSR count). The van der Waals surface area contributed by atoms with Crippen molar-refractivity contribution in [1.29, 1.82) is 0 Å². The largest absolute Gasteiger partial charge is 0.492 e. The van der Waals surface area contributed by atoms with E-state index in [1.807, 2.05) is 12.1 Å². The summed E-state index contributed by atoms with van der Waals surface area (Å²) in [7, 11) is 0. The summed E-state index contributed by atoms with van der Waals surface area (Å²) in [5.74, 6) is -3.64. The van der Waals surface area contributed by atoms with Gasteiger partial charge in [0.25, 0.3) is 0 Å². The van der Waals surface area contributed by atoms with Crippen molar-refractivity contribution < 1.29 is 22.7 Å². The van der Waals surface area contributed by atoms with Crippen molar-refractivity contribution in [1.82, 2.24) is 5.32 Å². The summed E-state index contributed by atoms with van der Waals surface area (Å²) in [5, 5.41) is 4.60. The summed E-state index contributed by atoms with van der Waals surface area (Å²) in [6.07, 6.45) is 4.54. The third kappa shape index (κ3) is 4.28. The molecule has 0 fully saturated rings. The molecule has 0 unspecified atom stereocenters. The summed E-state index contributed by atoms with van der Waals surface area (Å²) >= 11 is 0. The van der Waals surface area contributed by atoms with Gasteiger partial charge in [0.1, 0.15) is 12.4 Å². The second-order valence-electron chi connectivity index (χ2n) is 6.09. The van der Waals surface area contributed by atoms with E-state index in [0.717, 1.165) is 30.7 Å². The van der Waals surface area contributed by atoms with Gasteiger partial charge in [-0.1, -0.05) is 6.07 Å². The number of halogens is 3. The summed E-state index contributed by atoms with van der Waals surface area (Å²) in [5.41, 5.74) is 2.22. The Morgan fingerprint density at radius 1 is 1.00 bits per heavy atom. The smallest absolute Gasteiger partial charge is 0.319 e. The first-order chi connectivity index (χ1) is 12.5. The lowest BCUT2D eigenvalue weighted by atomic mass is 9.92. The van der Waals surface area contributed by atoms with Crippen LogP contribution in [0.15, 0.2) is 30.3 Å². The van der Waals surface area contributed by atoms with E-state index in [9.17, 15) is 18.0 Å². The van der Waals surface area contributed by atoms with Crippen molar-refractivity contribution in [2.75, 3.05) is 18.5 Å². The van der Waals surface area contributed by atoms with E-state index in [2.05, 4.69) is 16.7 Å². The average molecular weight is 364 g/mol. The molecule has 0 spiro atoms. The maximum Gasteiger partial charge on any atom is 0.319 e. The van der Waals surface area contributed by atoms with Gasteiger partial charge in [-0.2, -0.15) is 0 Å². The zero-order chi connectivity index (χ0) is 18.5. The number of ether oxygens (including phenoxy) is 1. The summed E-state index contributed by atoms with van der Waals surface area (Å²) in [6, 6.07) is 6.95. The van der Waals surface area contributed by atoms with Gasteiger partial charge in [0, 0.05) is 0 Å². The number of hydrogen-bond donors (Lipinski definition) is 2. The molecule has 0 saturated carbocycles. The molecule has 138 valence electrons.